The minimum absolute atomic E-state index is 0.0660. The molecule has 2 aromatic rings. The molecule has 4 nitrogen and oxygen atoms in total. The number of nitrogens with zero attached hydrogens (tertiary/aromatic N) is 1. The Hall–Kier alpha value is -2.18. The van der Waals surface area contributed by atoms with Crippen LogP contribution in [0.4, 0.5) is 8.78 Å². The van der Waals surface area contributed by atoms with Gasteiger partial charge in [0.25, 0.3) is 5.91 Å². The van der Waals surface area contributed by atoms with E-state index in [0.29, 0.717) is 29.4 Å². The second-order valence-electron chi connectivity index (χ2n) is 6.44. The minimum atomic E-state index is -0.631. The van der Waals surface area contributed by atoms with Crippen LogP contribution in [0.25, 0.3) is 0 Å². The number of benzene rings is 2. The van der Waals surface area contributed by atoms with Gasteiger partial charge in [0.15, 0.2) is 6.61 Å². The fraction of sp³-hybridized carbons (Fsp3) is 0.350. The largest absolute Gasteiger partial charge is 0.484 e. The number of amides is 1. The van der Waals surface area contributed by atoms with Crippen molar-refractivity contribution in [2.45, 2.75) is 25.6 Å². The minimum Gasteiger partial charge on any atom is -0.484 e. The maximum atomic E-state index is 13.2. The number of rotatable bonds is 6. The molecule has 0 saturated carbocycles. The molecule has 0 radical (unpaired) electrons. The van der Waals surface area contributed by atoms with E-state index in [1.165, 1.54) is 12.1 Å². The lowest BCUT2D eigenvalue weighted by Gasteiger charge is -2.32. The Morgan fingerprint density at radius 2 is 1.85 bits per heavy atom. The van der Waals surface area contributed by atoms with Gasteiger partial charge in [-0.2, -0.15) is 0 Å². The molecule has 0 unspecified atom stereocenters. The van der Waals surface area contributed by atoms with Crippen molar-refractivity contribution < 1.29 is 23.0 Å². The standard InChI is InChI=1S/C20H20ClF2NO3/c21-15-3-5-18(6-4-15)27-13-20(25)24-7-1-2-19(11-24)26-12-14-8-16(22)10-17(23)9-14/h3-6,8-10,19H,1-2,7,11-13H2/t19-/m1/s1. The van der Waals surface area contributed by atoms with Gasteiger partial charge in [0.05, 0.1) is 12.7 Å². The summed E-state index contributed by atoms with van der Waals surface area (Å²) < 4.78 is 37.7. The molecule has 0 bridgehead atoms. The fourth-order valence-corrected chi connectivity index (χ4v) is 3.10. The van der Waals surface area contributed by atoms with E-state index < -0.39 is 11.6 Å². The van der Waals surface area contributed by atoms with Crippen LogP contribution in [0.15, 0.2) is 42.5 Å². The van der Waals surface area contributed by atoms with Crippen molar-refractivity contribution in [1.82, 2.24) is 4.90 Å². The number of carbonyl (C=O) groups is 1. The molecule has 1 amide bonds. The summed E-state index contributed by atoms with van der Waals surface area (Å²) in [7, 11) is 0. The number of hydrogen-bond donors (Lipinski definition) is 0. The highest BCUT2D eigenvalue weighted by atomic mass is 35.5. The van der Waals surface area contributed by atoms with E-state index in [1.54, 1.807) is 29.2 Å². The number of likely N-dealkylation sites (tertiary alicyclic amines) is 1. The first kappa shape index (κ1) is 19.6. The molecule has 1 heterocycles. The highest BCUT2D eigenvalue weighted by Gasteiger charge is 2.24. The Labute approximate surface area is 161 Å². The van der Waals surface area contributed by atoms with Gasteiger partial charge in [-0.05, 0) is 54.8 Å². The third-order valence-corrected chi connectivity index (χ3v) is 4.57. The van der Waals surface area contributed by atoms with Gasteiger partial charge in [0.2, 0.25) is 0 Å². The molecule has 3 rings (SSSR count). The third kappa shape index (κ3) is 5.91. The molecule has 0 aromatic heterocycles. The molecule has 0 aliphatic carbocycles. The second-order valence-corrected chi connectivity index (χ2v) is 6.87. The summed E-state index contributed by atoms with van der Waals surface area (Å²) in [6, 6.07) is 10.1. The molecule has 1 fully saturated rings. The van der Waals surface area contributed by atoms with Crippen molar-refractivity contribution in [1.29, 1.82) is 0 Å². The van der Waals surface area contributed by atoms with Gasteiger partial charge in [-0.1, -0.05) is 11.6 Å². The Balaban J connectivity index is 1.47. The van der Waals surface area contributed by atoms with E-state index in [2.05, 4.69) is 0 Å². The first-order chi connectivity index (χ1) is 13.0. The Morgan fingerprint density at radius 3 is 2.56 bits per heavy atom. The number of halogens is 3. The summed E-state index contributed by atoms with van der Waals surface area (Å²) in [6.07, 6.45) is 1.42. The number of carbonyl (C=O) groups excluding carboxylic acids is 1. The molecule has 2 aromatic carbocycles. The number of piperidine rings is 1. The van der Waals surface area contributed by atoms with Gasteiger partial charge in [0.1, 0.15) is 17.4 Å². The van der Waals surface area contributed by atoms with Crippen LogP contribution in [-0.4, -0.2) is 36.6 Å². The van der Waals surface area contributed by atoms with Crippen LogP contribution >= 0.6 is 11.6 Å². The van der Waals surface area contributed by atoms with Crippen molar-refractivity contribution >= 4 is 17.5 Å². The quantitative estimate of drug-likeness (QED) is 0.735. The van der Waals surface area contributed by atoms with E-state index in [0.717, 1.165) is 18.9 Å². The molecule has 1 aliphatic rings. The lowest BCUT2D eigenvalue weighted by atomic mass is 10.1. The average Bonchev–Trinajstić information content (AvgIpc) is 2.65. The predicted octanol–water partition coefficient (Wildman–Crippen LogP) is 4.20. The monoisotopic (exact) mass is 395 g/mol. The van der Waals surface area contributed by atoms with E-state index >= 15 is 0 Å². The lowest BCUT2D eigenvalue weighted by molar-refractivity contribution is -0.137. The summed E-state index contributed by atoms with van der Waals surface area (Å²) in [6.45, 7) is 1.10. The van der Waals surface area contributed by atoms with Gasteiger partial charge < -0.3 is 14.4 Å². The Bertz CT molecular complexity index is 765. The van der Waals surface area contributed by atoms with Crippen LogP contribution < -0.4 is 4.74 Å². The highest BCUT2D eigenvalue weighted by Crippen LogP contribution is 2.18. The number of ether oxygens (including phenoxy) is 2. The van der Waals surface area contributed by atoms with E-state index in [1.807, 2.05) is 0 Å². The van der Waals surface area contributed by atoms with Crippen LogP contribution in [-0.2, 0) is 16.1 Å². The molecular weight excluding hydrogens is 376 g/mol. The molecule has 0 spiro atoms. The van der Waals surface area contributed by atoms with Gasteiger partial charge in [-0.3, -0.25) is 4.79 Å². The van der Waals surface area contributed by atoms with Crippen LogP contribution in [0.2, 0.25) is 5.02 Å². The summed E-state index contributed by atoms with van der Waals surface area (Å²) in [4.78, 5) is 14.1. The second kappa shape index (κ2) is 9.15. The van der Waals surface area contributed by atoms with Gasteiger partial charge in [-0.15, -0.1) is 0 Å². The number of hydrogen-bond acceptors (Lipinski definition) is 3. The molecule has 27 heavy (non-hydrogen) atoms. The molecule has 1 atom stereocenters. The Kier molecular flexibility index (Phi) is 6.63. The molecule has 144 valence electrons. The van der Waals surface area contributed by atoms with Crippen molar-refractivity contribution in [3.05, 3.63) is 64.7 Å². The third-order valence-electron chi connectivity index (χ3n) is 4.31. The summed E-state index contributed by atoms with van der Waals surface area (Å²) in [5.74, 6) is -0.817. The van der Waals surface area contributed by atoms with Crippen LogP contribution in [0.1, 0.15) is 18.4 Å². The zero-order chi connectivity index (χ0) is 19.2. The van der Waals surface area contributed by atoms with E-state index in [4.69, 9.17) is 21.1 Å². The molecule has 7 heteroatoms. The van der Waals surface area contributed by atoms with Gasteiger partial charge in [-0.25, -0.2) is 8.78 Å². The predicted molar refractivity (Wildman–Crippen MR) is 97.7 cm³/mol. The van der Waals surface area contributed by atoms with E-state index in [-0.39, 0.29) is 25.2 Å². The van der Waals surface area contributed by atoms with Crippen molar-refractivity contribution in [3.8, 4) is 5.75 Å². The van der Waals surface area contributed by atoms with Crippen LogP contribution in [0.5, 0.6) is 5.75 Å². The normalized spacial score (nSPS) is 17.0. The van der Waals surface area contributed by atoms with Crippen molar-refractivity contribution in [3.63, 3.8) is 0 Å². The average molecular weight is 396 g/mol. The summed E-state index contributed by atoms with van der Waals surface area (Å²) in [5.41, 5.74) is 0.432. The van der Waals surface area contributed by atoms with Gasteiger partial charge in [0, 0.05) is 24.2 Å². The SMILES string of the molecule is O=C(COc1ccc(Cl)cc1)N1CCC[C@@H](OCc2cc(F)cc(F)c2)C1. The summed E-state index contributed by atoms with van der Waals surface area (Å²) >= 11 is 5.82. The zero-order valence-electron chi connectivity index (χ0n) is 14.7. The van der Waals surface area contributed by atoms with Crippen molar-refractivity contribution in [2.24, 2.45) is 0 Å². The molecular formula is C20H20ClF2NO3. The Morgan fingerprint density at radius 1 is 1.15 bits per heavy atom. The first-order valence-corrected chi connectivity index (χ1v) is 9.10. The molecule has 0 N–H and O–H groups in total. The zero-order valence-corrected chi connectivity index (χ0v) is 15.4. The lowest BCUT2D eigenvalue weighted by Crippen LogP contribution is -2.45. The maximum absolute atomic E-state index is 13.2. The maximum Gasteiger partial charge on any atom is 0.260 e. The highest BCUT2D eigenvalue weighted by molar-refractivity contribution is 6.30. The van der Waals surface area contributed by atoms with Crippen molar-refractivity contribution in [2.75, 3.05) is 19.7 Å². The first-order valence-electron chi connectivity index (χ1n) is 8.72. The van der Waals surface area contributed by atoms with Crippen LogP contribution in [0.3, 0.4) is 0 Å². The molecule has 1 saturated heterocycles. The fourth-order valence-electron chi connectivity index (χ4n) is 2.98. The van der Waals surface area contributed by atoms with Crippen LogP contribution in [0, 0.1) is 11.6 Å². The molecule has 1 aliphatic heterocycles. The smallest absolute Gasteiger partial charge is 0.260 e. The van der Waals surface area contributed by atoms with E-state index in [9.17, 15) is 13.6 Å². The topological polar surface area (TPSA) is 38.8 Å². The summed E-state index contributed by atoms with van der Waals surface area (Å²) in [5, 5.41) is 0.600. The van der Waals surface area contributed by atoms with Gasteiger partial charge >= 0.3 is 0 Å².